The van der Waals surface area contributed by atoms with Crippen LogP contribution in [0.3, 0.4) is 0 Å². The van der Waals surface area contributed by atoms with Crippen molar-refractivity contribution in [1.29, 1.82) is 0 Å². The molecule has 7 nitrogen and oxygen atoms in total. The van der Waals surface area contributed by atoms with Gasteiger partial charge >= 0.3 is 5.97 Å². The molecule has 0 saturated carbocycles. The maximum Gasteiger partial charge on any atom is 0.337 e. The Kier molecular flexibility index (Phi) is 6.42. The summed E-state index contributed by atoms with van der Waals surface area (Å²) in [6.07, 6.45) is 1.29. The number of fused-ring (bicyclic) bond motifs is 1. The predicted molar refractivity (Wildman–Crippen MR) is 160 cm³/mol. The van der Waals surface area contributed by atoms with Gasteiger partial charge < -0.3 is 14.6 Å². The molecule has 5 aromatic rings. The Morgan fingerprint density at radius 2 is 1.88 bits per heavy atom. The highest BCUT2D eigenvalue weighted by Crippen LogP contribution is 2.45. The molecule has 1 atom stereocenters. The molecule has 6 rings (SSSR count). The second-order valence-corrected chi connectivity index (χ2v) is 11.6. The fourth-order valence-electron chi connectivity index (χ4n) is 5.88. The van der Waals surface area contributed by atoms with Crippen LogP contribution in [0.4, 0.5) is 0 Å². The first-order valence-electron chi connectivity index (χ1n) is 13.7. The zero-order valence-corrected chi connectivity index (χ0v) is 23.8. The van der Waals surface area contributed by atoms with E-state index < -0.39 is 17.7 Å². The maximum absolute atomic E-state index is 13.4. The molecule has 1 aliphatic heterocycles. The van der Waals surface area contributed by atoms with Gasteiger partial charge in [-0.05, 0) is 99.3 Å². The van der Waals surface area contributed by atoms with E-state index in [1.54, 1.807) is 16.8 Å². The molecule has 208 valence electrons. The Labute approximate surface area is 238 Å². The Hall–Kier alpha value is -4.49. The number of aliphatic carboxylic acids is 1. The SMILES string of the molecule is Cc1cccc(-n2c(=O)ccc3c(-c4ccc5c6c(ccnc46)CCO5)c([C@H](OC(C)(C)C)C(=O)O)c(C)cc32)c1. The van der Waals surface area contributed by atoms with Gasteiger partial charge in [-0.2, -0.15) is 0 Å². The second kappa shape index (κ2) is 9.85. The third-order valence-electron chi connectivity index (χ3n) is 7.50. The average Bonchev–Trinajstić information content (AvgIpc) is 2.91. The van der Waals surface area contributed by atoms with Gasteiger partial charge in [0.25, 0.3) is 5.56 Å². The van der Waals surface area contributed by atoms with Crippen LogP contribution in [0, 0.1) is 13.8 Å². The number of nitrogens with zero attached hydrogens (tertiary/aromatic N) is 2. The fourth-order valence-corrected chi connectivity index (χ4v) is 5.88. The van der Waals surface area contributed by atoms with Crippen LogP contribution in [0.5, 0.6) is 5.75 Å². The molecule has 7 heteroatoms. The van der Waals surface area contributed by atoms with Gasteiger partial charge in [0.05, 0.1) is 23.2 Å². The van der Waals surface area contributed by atoms with Gasteiger partial charge in [-0.15, -0.1) is 0 Å². The average molecular weight is 549 g/mol. The number of benzene rings is 3. The monoisotopic (exact) mass is 548 g/mol. The van der Waals surface area contributed by atoms with E-state index in [4.69, 9.17) is 14.5 Å². The van der Waals surface area contributed by atoms with Gasteiger partial charge in [-0.1, -0.05) is 12.1 Å². The van der Waals surface area contributed by atoms with Crippen LogP contribution in [0.25, 0.3) is 38.6 Å². The van der Waals surface area contributed by atoms with Gasteiger partial charge in [-0.3, -0.25) is 14.3 Å². The van der Waals surface area contributed by atoms with Crippen LogP contribution in [0.15, 0.2) is 71.7 Å². The first-order chi connectivity index (χ1) is 19.5. The van der Waals surface area contributed by atoms with Crippen molar-refractivity contribution < 1.29 is 19.4 Å². The molecular formula is C34H32N2O5. The Bertz CT molecular complexity index is 1910. The summed E-state index contributed by atoms with van der Waals surface area (Å²) in [6, 6.07) is 18.9. The number of hydrogen-bond donors (Lipinski definition) is 1. The Morgan fingerprint density at radius 3 is 2.61 bits per heavy atom. The van der Waals surface area contributed by atoms with Crippen LogP contribution >= 0.6 is 0 Å². The van der Waals surface area contributed by atoms with Gasteiger partial charge in [-0.25, -0.2) is 4.79 Å². The zero-order valence-electron chi connectivity index (χ0n) is 23.8. The Balaban J connectivity index is 1.79. The number of carboxylic acids is 1. The normalized spacial score (nSPS) is 13.8. The largest absolute Gasteiger partial charge is 0.493 e. The lowest BCUT2D eigenvalue weighted by atomic mass is 9.86. The van der Waals surface area contributed by atoms with Crippen LogP contribution in [0.1, 0.15) is 49.1 Å². The summed E-state index contributed by atoms with van der Waals surface area (Å²) in [7, 11) is 0. The smallest absolute Gasteiger partial charge is 0.337 e. The van der Waals surface area contributed by atoms with Crippen LogP contribution in [0.2, 0.25) is 0 Å². The summed E-state index contributed by atoms with van der Waals surface area (Å²) in [4.78, 5) is 31.0. The van der Waals surface area contributed by atoms with Gasteiger partial charge in [0, 0.05) is 46.3 Å². The lowest BCUT2D eigenvalue weighted by Gasteiger charge is -2.29. The summed E-state index contributed by atoms with van der Waals surface area (Å²) < 4.78 is 13.9. The van der Waals surface area contributed by atoms with E-state index in [1.807, 2.05) is 83.1 Å². The quantitative estimate of drug-likeness (QED) is 0.263. The minimum atomic E-state index is -1.25. The molecule has 1 N–H and O–H groups in total. The van der Waals surface area contributed by atoms with Crippen LogP contribution in [-0.4, -0.2) is 32.8 Å². The zero-order chi connectivity index (χ0) is 29.1. The molecule has 3 aromatic carbocycles. The number of ether oxygens (including phenoxy) is 2. The van der Waals surface area contributed by atoms with Crippen molar-refractivity contribution in [2.75, 3.05) is 6.61 Å². The molecule has 2 aromatic heterocycles. The van der Waals surface area contributed by atoms with E-state index in [0.29, 0.717) is 28.8 Å². The molecule has 1 aliphatic rings. The standard InChI is InChI=1S/C34H32N2O5/c1-19-7-6-8-22(17-19)36-25-18-20(2)28(32(33(38)39)41-34(3,4)5)30(23(25)10-12-27(36)37)24-9-11-26-29-21(14-16-40-26)13-15-35-31(24)29/h6-13,15,17-18,32H,14,16H2,1-5H3,(H,38,39)/t32-/m0/s1. The number of hydrogen-bond acceptors (Lipinski definition) is 5. The molecule has 0 aliphatic carbocycles. The summed E-state index contributed by atoms with van der Waals surface area (Å²) in [6.45, 7) is 9.98. The Morgan fingerprint density at radius 1 is 1.07 bits per heavy atom. The molecule has 0 unspecified atom stereocenters. The fraction of sp³-hybridized carbons (Fsp3) is 0.265. The van der Waals surface area contributed by atoms with E-state index >= 15 is 0 Å². The number of aromatic nitrogens is 2. The van der Waals surface area contributed by atoms with Gasteiger partial charge in [0.1, 0.15) is 5.75 Å². The maximum atomic E-state index is 13.4. The lowest BCUT2D eigenvalue weighted by Crippen LogP contribution is -2.28. The first kappa shape index (κ1) is 26.7. The number of aryl methyl sites for hydroxylation is 2. The molecule has 0 spiro atoms. The van der Waals surface area contributed by atoms with Crippen LogP contribution in [-0.2, 0) is 16.0 Å². The summed E-state index contributed by atoms with van der Waals surface area (Å²) >= 11 is 0. The summed E-state index contributed by atoms with van der Waals surface area (Å²) in [5.41, 5.74) is 6.07. The number of pyridine rings is 2. The topological polar surface area (TPSA) is 90.7 Å². The van der Waals surface area contributed by atoms with Crippen molar-refractivity contribution in [1.82, 2.24) is 9.55 Å². The van der Waals surface area contributed by atoms with Crippen molar-refractivity contribution >= 4 is 27.8 Å². The van der Waals surface area contributed by atoms with E-state index in [2.05, 4.69) is 0 Å². The molecule has 0 amide bonds. The molecule has 0 bridgehead atoms. The van der Waals surface area contributed by atoms with Crippen molar-refractivity contribution in [2.45, 2.75) is 52.7 Å². The van der Waals surface area contributed by atoms with Crippen molar-refractivity contribution in [3.8, 4) is 22.6 Å². The molecule has 0 radical (unpaired) electrons. The minimum Gasteiger partial charge on any atom is -0.493 e. The molecule has 0 fully saturated rings. The van der Waals surface area contributed by atoms with Gasteiger partial charge in [0.15, 0.2) is 6.10 Å². The molecule has 3 heterocycles. The minimum absolute atomic E-state index is 0.176. The molecule has 0 saturated heterocycles. The lowest BCUT2D eigenvalue weighted by molar-refractivity contribution is -0.160. The third-order valence-corrected chi connectivity index (χ3v) is 7.50. The van der Waals surface area contributed by atoms with E-state index in [0.717, 1.165) is 50.8 Å². The highest BCUT2D eigenvalue weighted by atomic mass is 16.5. The first-order valence-corrected chi connectivity index (χ1v) is 13.7. The van der Waals surface area contributed by atoms with E-state index in [-0.39, 0.29) is 5.56 Å². The van der Waals surface area contributed by atoms with Crippen molar-refractivity contribution in [3.63, 3.8) is 0 Å². The summed E-state index contributed by atoms with van der Waals surface area (Å²) in [5.74, 6) is -0.330. The van der Waals surface area contributed by atoms with E-state index in [9.17, 15) is 14.7 Å². The number of carboxylic acid groups (broad SMARTS) is 1. The van der Waals surface area contributed by atoms with E-state index in [1.165, 1.54) is 6.07 Å². The molecular weight excluding hydrogens is 516 g/mol. The third kappa shape index (κ3) is 4.66. The predicted octanol–water partition coefficient (Wildman–Crippen LogP) is 6.70. The number of rotatable bonds is 5. The second-order valence-electron chi connectivity index (χ2n) is 11.6. The highest BCUT2D eigenvalue weighted by Gasteiger charge is 2.33. The summed E-state index contributed by atoms with van der Waals surface area (Å²) in [5, 5.41) is 12.2. The van der Waals surface area contributed by atoms with Crippen molar-refractivity contribution in [3.05, 3.63) is 99.5 Å². The van der Waals surface area contributed by atoms with Crippen LogP contribution < -0.4 is 10.3 Å². The number of carbonyl (C=O) groups is 1. The highest BCUT2D eigenvalue weighted by molar-refractivity contribution is 6.08. The molecule has 41 heavy (non-hydrogen) atoms. The van der Waals surface area contributed by atoms with Gasteiger partial charge in [0.2, 0.25) is 0 Å². The van der Waals surface area contributed by atoms with Crippen molar-refractivity contribution in [2.24, 2.45) is 0 Å².